The fourth-order valence-corrected chi connectivity index (χ4v) is 6.84. The highest BCUT2D eigenvalue weighted by Crippen LogP contribution is 2.48. The molecule has 0 unspecified atom stereocenters. The molecule has 0 bridgehead atoms. The molecule has 0 aliphatic carbocycles. The van der Waals surface area contributed by atoms with Crippen molar-refractivity contribution in [2.24, 2.45) is 0 Å². The van der Waals surface area contributed by atoms with Crippen LogP contribution in [0.4, 0.5) is 0 Å². The van der Waals surface area contributed by atoms with Gasteiger partial charge in [0, 0.05) is 74.9 Å². The number of benzene rings is 6. The Balaban J connectivity index is 1.73. The highest BCUT2D eigenvalue weighted by molar-refractivity contribution is 6.45. The molecule has 0 amide bonds. The van der Waals surface area contributed by atoms with Crippen LogP contribution in [0.3, 0.4) is 0 Å². The van der Waals surface area contributed by atoms with Crippen LogP contribution in [-0.4, -0.2) is 15.0 Å². The normalized spacial score (nSPS) is 12.6. The number of aromatic amines is 3. The van der Waals surface area contributed by atoms with Crippen LogP contribution in [0.15, 0.2) is 84.9 Å². The van der Waals surface area contributed by atoms with Crippen LogP contribution in [0.25, 0.3) is 87.0 Å². The summed E-state index contributed by atoms with van der Waals surface area (Å²) < 4.78 is 0. The summed E-state index contributed by atoms with van der Waals surface area (Å²) in [6, 6.07) is 29.4. The second-order valence-electron chi connectivity index (χ2n) is 9.85. The van der Waals surface area contributed by atoms with Gasteiger partial charge < -0.3 is 15.0 Å². The Bertz CT molecular complexity index is 2270. The van der Waals surface area contributed by atoms with E-state index < -0.39 is 0 Å². The van der Waals surface area contributed by atoms with Crippen LogP contribution in [0.2, 0.25) is 10.0 Å². The Morgan fingerprint density at radius 1 is 0.378 bits per heavy atom. The molecule has 3 nitrogen and oxygen atoms in total. The lowest BCUT2D eigenvalue weighted by molar-refractivity contribution is 1.55. The van der Waals surface area contributed by atoms with Gasteiger partial charge in [-0.2, -0.15) is 0 Å². The maximum atomic E-state index is 6.55. The van der Waals surface area contributed by atoms with Crippen molar-refractivity contribution in [3.05, 3.63) is 95.0 Å². The molecule has 0 aliphatic rings. The highest BCUT2D eigenvalue weighted by Gasteiger charge is 2.23. The third-order valence-electron chi connectivity index (χ3n) is 7.95. The lowest BCUT2D eigenvalue weighted by Gasteiger charge is -2.06. The van der Waals surface area contributed by atoms with Crippen LogP contribution < -0.4 is 0 Å². The van der Waals surface area contributed by atoms with E-state index in [4.69, 9.17) is 23.2 Å². The van der Waals surface area contributed by atoms with Gasteiger partial charge in [0.05, 0.1) is 22.1 Å². The predicted molar refractivity (Wildman–Crippen MR) is 160 cm³/mol. The molecule has 37 heavy (non-hydrogen) atoms. The number of halogens is 2. The largest absolute Gasteiger partial charge is 0.354 e. The third-order valence-corrected chi connectivity index (χ3v) is 8.42. The maximum absolute atomic E-state index is 6.55. The van der Waals surface area contributed by atoms with Gasteiger partial charge in [0.2, 0.25) is 0 Å². The number of rotatable bonds is 0. The Kier molecular flexibility index (Phi) is 3.65. The second-order valence-corrected chi connectivity index (χ2v) is 10.7. The summed E-state index contributed by atoms with van der Waals surface area (Å²) >= 11 is 13.1. The smallest absolute Gasteiger partial charge is 0.0552 e. The van der Waals surface area contributed by atoms with Crippen LogP contribution in [0.5, 0.6) is 0 Å². The summed E-state index contributed by atoms with van der Waals surface area (Å²) in [4.78, 5) is 11.3. The Morgan fingerprint density at radius 3 is 1.16 bits per heavy atom. The van der Waals surface area contributed by atoms with Crippen molar-refractivity contribution in [2.45, 2.75) is 0 Å². The second kappa shape index (κ2) is 6.77. The van der Waals surface area contributed by atoms with Crippen molar-refractivity contribution < 1.29 is 0 Å². The molecule has 5 heteroatoms. The number of H-pyrrole nitrogens is 3. The Labute approximate surface area is 219 Å². The minimum absolute atomic E-state index is 0.726. The van der Waals surface area contributed by atoms with Gasteiger partial charge in [-0.25, -0.2) is 0 Å². The molecule has 0 atom stereocenters. The molecule has 0 radical (unpaired) electrons. The van der Waals surface area contributed by atoms with Crippen LogP contribution in [0.1, 0.15) is 0 Å². The SMILES string of the molecule is Clc1ccc2[nH]c3c4ccccc4c4[nH]c5c6ccccc6c6[nH]c7ccc(Cl)cc7c6c5c4c3c2c1. The van der Waals surface area contributed by atoms with Crippen molar-refractivity contribution in [3.63, 3.8) is 0 Å². The van der Waals surface area contributed by atoms with Gasteiger partial charge in [-0.05, 0) is 36.4 Å². The molecule has 6 aromatic carbocycles. The summed E-state index contributed by atoms with van der Waals surface area (Å²) in [6.45, 7) is 0. The fraction of sp³-hybridized carbons (Fsp3) is 0. The highest BCUT2D eigenvalue weighted by atomic mass is 35.5. The Hall–Kier alpha value is -4.18. The zero-order chi connectivity index (χ0) is 24.4. The standard InChI is InChI=1S/C32H17Cl2N3/c33-15-9-11-23-21(13-15)25-27-28-26-22-14-16(34)10-12-24(22)36-30(26)18-6-2-4-8-20(18)32(28)37-31(27)19-7-3-1-5-17(19)29(25)35-23/h1-14,35-37H. The molecule has 174 valence electrons. The molecule has 9 aromatic rings. The molecule has 3 heterocycles. The van der Waals surface area contributed by atoms with E-state index >= 15 is 0 Å². The molecule has 0 saturated carbocycles. The van der Waals surface area contributed by atoms with Gasteiger partial charge in [0.15, 0.2) is 0 Å². The lowest BCUT2D eigenvalue weighted by atomic mass is 9.95. The summed E-state index contributed by atoms with van der Waals surface area (Å²) in [7, 11) is 0. The van der Waals surface area contributed by atoms with Crippen molar-refractivity contribution in [1.29, 1.82) is 0 Å². The average molecular weight is 514 g/mol. The van der Waals surface area contributed by atoms with E-state index in [1.165, 1.54) is 43.1 Å². The average Bonchev–Trinajstić information content (AvgIpc) is 3.60. The number of aromatic nitrogens is 3. The topological polar surface area (TPSA) is 47.4 Å². The number of hydrogen-bond donors (Lipinski definition) is 3. The molecule has 0 fully saturated rings. The quantitative estimate of drug-likeness (QED) is 0.180. The molecular formula is C32H17Cl2N3. The molecule has 9 rings (SSSR count). The molecule has 3 N–H and O–H groups in total. The van der Waals surface area contributed by atoms with E-state index in [1.807, 2.05) is 12.1 Å². The number of nitrogens with one attached hydrogen (secondary N) is 3. The van der Waals surface area contributed by atoms with Gasteiger partial charge in [-0.3, -0.25) is 0 Å². The number of fused-ring (bicyclic) bond motifs is 17. The molecular weight excluding hydrogens is 497 g/mol. The fourth-order valence-electron chi connectivity index (χ4n) is 6.49. The lowest BCUT2D eigenvalue weighted by Crippen LogP contribution is -1.80. The first-order valence-electron chi connectivity index (χ1n) is 12.3. The van der Waals surface area contributed by atoms with Crippen LogP contribution in [-0.2, 0) is 0 Å². The molecule has 0 aliphatic heterocycles. The first kappa shape index (κ1) is 19.9. The minimum atomic E-state index is 0.726. The Morgan fingerprint density at radius 2 is 0.757 bits per heavy atom. The van der Waals surface area contributed by atoms with E-state index in [9.17, 15) is 0 Å². The summed E-state index contributed by atoms with van der Waals surface area (Å²) in [5.41, 5.74) is 6.66. The molecule has 0 saturated heterocycles. The van der Waals surface area contributed by atoms with E-state index in [2.05, 4.69) is 87.7 Å². The van der Waals surface area contributed by atoms with Crippen LogP contribution >= 0.6 is 23.2 Å². The van der Waals surface area contributed by atoms with E-state index in [0.29, 0.717) is 0 Å². The van der Waals surface area contributed by atoms with Gasteiger partial charge in [0.1, 0.15) is 0 Å². The predicted octanol–water partition coefficient (Wildman–Crippen LogP) is 10.2. The maximum Gasteiger partial charge on any atom is 0.0552 e. The first-order chi connectivity index (χ1) is 18.2. The van der Waals surface area contributed by atoms with Gasteiger partial charge >= 0.3 is 0 Å². The first-order valence-corrected chi connectivity index (χ1v) is 13.0. The summed E-state index contributed by atoms with van der Waals surface area (Å²) in [5, 5.41) is 13.2. The summed E-state index contributed by atoms with van der Waals surface area (Å²) in [6.07, 6.45) is 0. The minimum Gasteiger partial charge on any atom is -0.354 e. The van der Waals surface area contributed by atoms with Gasteiger partial charge in [-0.15, -0.1) is 0 Å². The third kappa shape index (κ3) is 2.43. The van der Waals surface area contributed by atoms with E-state index in [0.717, 1.165) is 53.9 Å². The monoisotopic (exact) mass is 513 g/mol. The van der Waals surface area contributed by atoms with Crippen LogP contribution in [0, 0.1) is 0 Å². The van der Waals surface area contributed by atoms with Crippen molar-refractivity contribution in [1.82, 2.24) is 15.0 Å². The van der Waals surface area contributed by atoms with E-state index in [1.54, 1.807) is 0 Å². The van der Waals surface area contributed by atoms with Crippen molar-refractivity contribution >= 4 is 110 Å². The van der Waals surface area contributed by atoms with Gasteiger partial charge in [-0.1, -0.05) is 71.7 Å². The summed E-state index contributed by atoms with van der Waals surface area (Å²) in [5.74, 6) is 0. The zero-order valence-electron chi connectivity index (χ0n) is 19.3. The van der Waals surface area contributed by atoms with Gasteiger partial charge in [0.25, 0.3) is 0 Å². The van der Waals surface area contributed by atoms with Crippen molar-refractivity contribution in [3.8, 4) is 0 Å². The number of hydrogen-bond acceptors (Lipinski definition) is 0. The molecule has 0 spiro atoms. The zero-order valence-corrected chi connectivity index (χ0v) is 20.9. The molecule has 3 aromatic heterocycles. The van der Waals surface area contributed by atoms with Crippen molar-refractivity contribution in [2.75, 3.05) is 0 Å². The van der Waals surface area contributed by atoms with E-state index in [-0.39, 0.29) is 0 Å².